The van der Waals surface area contributed by atoms with Crippen molar-refractivity contribution in [1.82, 2.24) is 0 Å². The second-order valence-electron chi connectivity index (χ2n) is 8.67. The van der Waals surface area contributed by atoms with Crippen LogP contribution in [0.2, 0.25) is 0 Å². The number of carboxylic acids is 1. The van der Waals surface area contributed by atoms with Gasteiger partial charge in [-0.05, 0) is 16.7 Å². The molecular formula is C30H32O7. The Bertz CT molecular complexity index is 1090. The quantitative estimate of drug-likeness (QED) is 0.336. The molecule has 1 N–H and O–H groups in total. The summed E-state index contributed by atoms with van der Waals surface area (Å²) in [6.07, 6.45) is -3.26. The lowest BCUT2D eigenvalue weighted by molar-refractivity contribution is -0.317. The Morgan fingerprint density at radius 3 is 1.57 bits per heavy atom. The number of benzene rings is 3. The normalized spacial score (nSPS) is 23.4. The topological polar surface area (TPSA) is 83.5 Å². The molecule has 0 unspecified atom stereocenters. The molecule has 5 atom stereocenters. The van der Waals surface area contributed by atoms with Crippen LogP contribution in [0.4, 0.5) is 0 Å². The number of ether oxygens (including phenoxy) is 5. The van der Waals surface area contributed by atoms with Gasteiger partial charge in [0.15, 0.2) is 12.4 Å². The van der Waals surface area contributed by atoms with Gasteiger partial charge in [-0.15, -0.1) is 6.58 Å². The number of carboxylic acid groups (broad SMARTS) is 1. The van der Waals surface area contributed by atoms with Gasteiger partial charge >= 0.3 is 5.97 Å². The summed E-state index contributed by atoms with van der Waals surface area (Å²) < 4.78 is 30.6. The molecule has 0 radical (unpaired) electrons. The van der Waals surface area contributed by atoms with Crippen molar-refractivity contribution in [3.8, 4) is 0 Å². The van der Waals surface area contributed by atoms with E-state index in [2.05, 4.69) is 6.58 Å². The Kier molecular flexibility index (Phi) is 9.99. The van der Waals surface area contributed by atoms with E-state index < -0.39 is 36.7 Å². The van der Waals surface area contributed by atoms with E-state index >= 15 is 0 Å². The first-order valence-corrected chi connectivity index (χ1v) is 12.2. The van der Waals surface area contributed by atoms with E-state index in [0.717, 1.165) is 16.7 Å². The highest BCUT2D eigenvalue weighted by molar-refractivity contribution is 5.73. The molecule has 1 saturated heterocycles. The molecule has 3 aromatic carbocycles. The molecule has 194 valence electrons. The molecule has 0 amide bonds. The van der Waals surface area contributed by atoms with Gasteiger partial charge in [-0.2, -0.15) is 0 Å². The highest BCUT2D eigenvalue weighted by atomic mass is 16.7. The zero-order chi connectivity index (χ0) is 25.9. The van der Waals surface area contributed by atoms with Gasteiger partial charge in [-0.3, -0.25) is 0 Å². The van der Waals surface area contributed by atoms with Gasteiger partial charge in [0.2, 0.25) is 0 Å². The maximum absolute atomic E-state index is 12.3. The average molecular weight is 505 g/mol. The molecule has 4 rings (SSSR count). The van der Waals surface area contributed by atoms with Crippen LogP contribution in [-0.4, -0.2) is 48.4 Å². The highest BCUT2D eigenvalue weighted by Crippen LogP contribution is 2.31. The third-order valence-electron chi connectivity index (χ3n) is 5.97. The highest BCUT2D eigenvalue weighted by Gasteiger charge is 2.51. The Hall–Kier alpha value is -3.33. The van der Waals surface area contributed by atoms with E-state index in [0.29, 0.717) is 0 Å². The minimum atomic E-state index is -1.32. The van der Waals surface area contributed by atoms with Crippen molar-refractivity contribution in [3.05, 3.63) is 120 Å². The van der Waals surface area contributed by atoms with Crippen molar-refractivity contribution in [2.75, 3.05) is 6.61 Å². The Morgan fingerprint density at radius 1 is 0.703 bits per heavy atom. The SMILES string of the molecule is C=CCO[C@H]1O[C@H](C(=O)O)[C@@H](OCc2ccccc2)[C@H](OCc2ccccc2)[C@H]1OCc1ccccc1. The summed E-state index contributed by atoms with van der Waals surface area (Å²) in [6.45, 7) is 4.54. The Labute approximate surface area is 217 Å². The van der Waals surface area contributed by atoms with Crippen LogP contribution in [0, 0.1) is 0 Å². The maximum Gasteiger partial charge on any atom is 0.335 e. The van der Waals surface area contributed by atoms with Crippen LogP contribution < -0.4 is 0 Å². The predicted molar refractivity (Wildman–Crippen MR) is 138 cm³/mol. The summed E-state index contributed by atoms with van der Waals surface area (Å²) >= 11 is 0. The van der Waals surface area contributed by atoms with Gasteiger partial charge in [-0.25, -0.2) is 4.79 Å². The zero-order valence-corrected chi connectivity index (χ0v) is 20.6. The van der Waals surface area contributed by atoms with Crippen molar-refractivity contribution in [1.29, 1.82) is 0 Å². The molecule has 0 saturated carbocycles. The zero-order valence-electron chi connectivity index (χ0n) is 20.6. The van der Waals surface area contributed by atoms with Gasteiger partial charge in [0.1, 0.15) is 18.3 Å². The lowest BCUT2D eigenvalue weighted by Gasteiger charge is -2.44. The lowest BCUT2D eigenvalue weighted by atomic mass is 9.97. The molecule has 1 heterocycles. The molecule has 0 spiro atoms. The van der Waals surface area contributed by atoms with Crippen molar-refractivity contribution in [2.24, 2.45) is 0 Å². The molecular weight excluding hydrogens is 472 g/mol. The minimum Gasteiger partial charge on any atom is -0.479 e. The molecule has 1 aliphatic heterocycles. The molecule has 0 aromatic heterocycles. The molecule has 0 bridgehead atoms. The summed E-state index contributed by atoms with van der Waals surface area (Å²) in [5.74, 6) is -1.17. The monoisotopic (exact) mass is 504 g/mol. The molecule has 37 heavy (non-hydrogen) atoms. The van der Waals surface area contributed by atoms with Crippen LogP contribution in [0.1, 0.15) is 16.7 Å². The first-order chi connectivity index (χ1) is 18.2. The molecule has 1 fully saturated rings. The largest absolute Gasteiger partial charge is 0.479 e. The predicted octanol–water partition coefficient (Wildman–Crippen LogP) is 4.75. The molecule has 1 aliphatic rings. The first kappa shape index (κ1) is 26.7. The second-order valence-corrected chi connectivity index (χ2v) is 8.67. The summed E-state index contributed by atoms with van der Waals surface area (Å²) in [7, 11) is 0. The Balaban J connectivity index is 1.63. The van der Waals surface area contributed by atoms with Crippen LogP contribution in [0.5, 0.6) is 0 Å². The van der Waals surface area contributed by atoms with Crippen molar-refractivity contribution < 1.29 is 33.6 Å². The summed E-state index contributed by atoms with van der Waals surface area (Å²) in [4.78, 5) is 12.3. The maximum atomic E-state index is 12.3. The van der Waals surface area contributed by atoms with Gasteiger partial charge < -0.3 is 28.8 Å². The molecule has 0 aliphatic carbocycles. The van der Waals surface area contributed by atoms with Crippen LogP contribution in [0.3, 0.4) is 0 Å². The summed E-state index contributed by atoms with van der Waals surface area (Å²) in [6, 6.07) is 28.9. The standard InChI is InChI=1S/C30H32O7/c1-2-18-33-30-28(36-21-24-16-10-5-11-17-24)26(35-20-23-14-8-4-9-15-23)25(27(37-30)29(31)32)34-19-22-12-6-3-7-13-22/h2-17,25-28,30H,1,18-21H2,(H,31,32)/t25-,26-,27-,28+,30-/m0/s1. The molecule has 7 heteroatoms. The van der Waals surface area contributed by atoms with E-state index in [1.54, 1.807) is 6.08 Å². The fraction of sp³-hybridized carbons (Fsp3) is 0.300. The second kappa shape index (κ2) is 13.8. The number of aliphatic carboxylic acids is 1. The minimum absolute atomic E-state index is 0.156. The third kappa shape index (κ3) is 7.58. The van der Waals surface area contributed by atoms with Crippen LogP contribution in [-0.2, 0) is 48.3 Å². The van der Waals surface area contributed by atoms with E-state index in [4.69, 9.17) is 23.7 Å². The Morgan fingerprint density at radius 2 is 1.14 bits per heavy atom. The molecule has 7 nitrogen and oxygen atoms in total. The van der Waals surface area contributed by atoms with E-state index in [9.17, 15) is 9.90 Å². The van der Waals surface area contributed by atoms with Gasteiger partial charge in [0.05, 0.1) is 26.4 Å². The van der Waals surface area contributed by atoms with Gasteiger partial charge in [-0.1, -0.05) is 97.1 Å². The van der Waals surface area contributed by atoms with E-state index in [1.807, 2.05) is 91.0 Å². The van der Waals surface area contributed by atoms with Gasteiger partial charge in [0.25, 0.3) is 0 Å². The third-order valence-corrected chi connectivity index (χ3v) is 5.97. The fourth-order valence-electron chi connectivity index (χ4n) is 4.15. The van der Waals surface area contributed by atoms with E-state index in [1.165, 1.54) is 0 Å². The summed E-state index contributed by atoms with van der Waals surface area (Å²) in [5, 5.41) is 10.1. The van der Waals surface area contributed by atoms with Crippen molar-refractivity contribution in [2.45, 2.75) is 50.5 Å². The smallest absolute Gasteiger partial charge is 0.335 e. The summed E-state index contributed by atoms with van der Waals surface area (Å²) in [5.41, 5.74) is 2.79. The van der Waals surface area contributed by atoms with Crippen molar-refractivity contribution >= 4 is 5.97 Å². The molecule has 3 aromatic rings. The van der Waals surface area contributed by atoms with Crippen molar-refractivity contribution in [3.63, 3.8) is 0 Å². The average Bonchev–Trinajstić information content (AvgIpc) is 2.94. The number of rotatable bonds is 13. The lowest BCUT2D eigenvalue weighted by Crippen LogP contribution is -2.62. The van der Waals surface area contributed by atoms with Crippen LogP contribution in [0.25, 0.3) is 0 Å². The number of carbonyl (C=O) groups is 1. The number of hydrogen-bond donors (Lipinski definition) is 1. The first-order valence-electron chi connectivity index (χ1n) is 12.2. The van der Waals surface area contributed by atoms with Gasteiger partial charge in [0, 0.05) is 0 Å². The number of hydrogen-bond acceptors (Lipinski definition) is 6. The van der Waals surface area contributed by atoms with Crippen LogP contribution in [0.15, 0.2) is 104 Å². The van der Waals surface area contributed by atoms with E-state index in [-0.39, 0.29) is 26.4 Å². The van der Waals surface area contributed by atoms with Crippen LogP contribution >= 0.6 is 0 Å². The fourth-order valence-corrected chi connectivity index (χ4v) is 4.15.